The van der Waals surface area contributed by atoms with Crippen molar-refractivity contribution in [1.82, 2.24) is 15.0 Å². The van der Waals surface area contributed by atoms with Gasteiger partial charge in [0.2, 0.25) is 0 Å². The Balaban J connectivity index is 2.14. The highest BCUT2D eigenvalue weighted by atomic mass is 14.9. The number of nitrogens with one attached hydrogen (secondary N) is 1. The molecule has 4 nitrogen and oxygen atoms in total. The molecular formula is C11H14N4. The van der Waals surface area contributed by atoms with E-state index in [1.807, 2.05) is 24.4 Å². The number of aryl methyl sites for hydroxylation is 1. The summed E-state index contributed by atoms with van der Waals surface area (Å²) in [7, 11) is 0. The number of nitrogens with two attached hydrogens (primary N) is 1. The second-order valence-corrected chi connectivity index (χ2v) is 3.36. The van der Waals surface area contributed by atoms with Crippen LogP contribution in [0.2, 0.25) is 0 Å². The predicted molar refractivity (Wildman–Crippen MR) is 59.2 cm³/mol. The zero-order valence-electron chi connectivity index (χ0n) is 8.48. The van der Waals surface area contributed by atoms with Gasteiger partial charge in [-0.05, 0) is 31.5 Å². The fourth-order valence-electron chi connectivity index (χ4n) is 1.41. The van der Waals surface area contributed by atoms with Crippen LogP contribution in [0.1, 0.15) is 12.1 Å². The minimum absolute atomic E-state index is 0.706. The number of H-pyrrole nitrogens is 1. The molecule has 0 amide bonds. The van der Waals surface area contributed by atoms with Gasteiger partial charge in [0.15, 0.2) is 5.82 Å². The number of aromatic nitrogens is 3. The number of rotatable bonds is 4. The molecular weight excluding hydrogens is 188 g/mol. The summed E-state index contributed by atoms with van der Waals surface area (Å²) in [5.74, 6) is 0.822. The summed E-state index contributed by atoms with van der Waals surface area (Å²) in [6, 6.07) is 5.78. The van der Waals surface area contributed by atoms with Crippen molar-refractivity contribution < 1.29 is 0 Å². The van der Waals surface area contributed by atoms with Crippen molar-refractivity contribution in [2.45, 2.75) is 12.8 Å². The smallest absolute Gasteiger partial charge is 0.156 e. The van der Waals surface area contributed by atoms with E-state index in [9.17, 15) is 0 Å². The number of pyridine rings is 1. The molecule has 0 bridgehead atoms. The number of hydrogen-bond donors (Lipinski definition) is 2. The fourth-order valence-corrected chi connectivity index (χ4v) is 1.41. The van der Waals surface area contributed by atoms with Gasteiger partial charge < -0.3 is 10.7 Å². The van der Waals surface area contributed by atoms with Crippen molar-refractivity contribution in [3.8, 4) is 11.5 Å². The molecule has 0 unspecified atom stereocenters. The molecule has 78 valence electrons. The van der Waals surface area contributed by atoms with Crippen LogP contribution in [-0.2, 0) is 6.42 Å². The third kappa shape index (κ3) is 2.41. The fraction of sp³-hybridized carbons (Fsp3) is 0.273. The zero-order valence-corrected chi connectivity index (χ0v) is 8.48. The summed E-state index contributed by atoms with van der Waals surface area (Å²) >= 11 is 0. The van der Waals surface area contributed by atoms with Crippen LogP contribution >= 0.6 is 0 Å². The molecule has 0 saturated carbocycles. The van der Waals surface area contributed by atoms with Gasteiger partial charge in [-0.3, -0.25) is 4.98 Å². The van der Waals surface area contributed by atoms with E-state index in [1.165, 1.54) is 0 Å². The van der Waals surface area contributed by atoms with Crippen molar-refractivity contribution in [2.75, 3.05) is 6.54 Å². The molecule has 0 aliphatic heterocycles. The molecule has 2 heterocycles. The highest BCUT2D eigenvalue weighted by molar-refractivity contribution is 5.48. The highest BCUT2D eigenvalue weighted by Crippen LogP contribution is 2.12. The first kappa shape index (κ1) is 9.86. The summed E-state index contributed by atoms with van der Waals surface area (Å²) in [4.78, 5) is 11.7. The molecule has 0 aliphatic rings. The van der Waals surface area contributed by atoms with Crippen LogP contribution < -0.4 is 5.73 Å². The van der Waals surface area contributed by atoms with Crippen LogP contribution in [-0.4, -0.2) is 21.5 Å². The standard InChI is InChI=1S/C11H14N4/c12-6-3-4-9-8-14-11(15-9)10-5-1-2-7-13-10/h1-2,5,7-8H,3-4,6,12H2,(H,14,15). The molecule has 0 spiro atoms. The van der Waals surface area contributed by atoms with E-state index in [-0.39, 0.29) is 0 Å². The molecule has 0 aliphatic carbocycles. The average molecular weight is 202 g/mol. The number of nitrogens with zero attached hydrogens (tertiary/aromatic N) is 2. The maximum Gasteiger partial charge on any atom is 0.156 e. The summed E-state index contributed by atoms with van der Waals surface area (Å²) in [5.41, 5.74) is 7.43. The molecule has 4 heteroatoms. The molecule has 15 heavy (non-hydrogen) atoms. The lowest BCUT2D eigenvalue weighted by Crippen LogP contribution is -2.00. The third-order valence-electron chi connectivity index (χ3n) is 2.19. The molecule has 0 atom stereocenters. The lowest BCUT2D eigenvalue weighted by atomic mass is 10.2. The van der Waals surface area contributed by atoms with E-state index in [0.29, 0.717) is 6.54 Å². The van der Waals surface area contributed by atoms with Gasteiger partial charge in [-0.2, -0.15) is 0 Å². The van der Waals surface area contributed by atoms with Crippen LogP contribution in [0.3, 0.4) is 0 Å². The second-order valence-electron chi connectivity index (χ2n) is 3.36. The summed E-state index contributed by atoms with van der Waals surface area (Å²) < 4.78 is 0. The van der Waals surface area contributed by atoms with E-state index >= 15 is 0 Å². The first-order valence-corrected chi connectivity index (χ1v) is 5.05. The number of imidazole rings is 1. The molecule has 0 radical (unpaired) electrons. The van der Waals surface area contributed by atoms with Gasteiger partial charge >= 0.3 is 0 Å². The van der Waals surface area contributed by atoms with Crippen molar-refractivity contribution in [2.24, 2.45) is 5.73 Å². The van der Waals surface area contributed by atoms with Gasteiger partial charge in [0.05, 0.1) is 0 Å². The van der Waals surface area contributed by atoms with E-state index in [2.05, 4.69) is 15.0 Å². The van der Waals surface area contributed by atoms with Gasteiger partial charge in [-0.15, -0.1) is 0 Å². The van der Waals surface area contributed by atoms with E-state index < -0.39 is 0 Å². The largest absolute Gasteiger partial charge is 0.341 e. The Morgan fingerprint density at radius 2 is 2.20 bits per heavy atom. The van der Waals surface area contributed by atoms with Gasteiger partial charge in [0, 0.05) is 18.1 Å². The van der Waals surface area contributed by atoms with E-state index in [4.69, 9.17) is 5.73 Å². The normalized spacial score (nSPS) is 10.5. The Morgan fingerprint density at radius 1 is 1.27 bits per heavy atom. The van der Waals surface area contributed by atoms with Crippen molar-refractivity contribution in [3.63, 3.8) is 0 Å². The second kappa shape index (κ2) is 4.70. The van der Waals surface area contributed by atoms with E-state index in [1.54, 1.807) is 6.20 Å². The van der Waals surface area contributed by atoms with Crippen LogP contribution in [0.15, 0.2) is 30.6 Å². The molecule has 0 saturated heterocycles. The zero-order chi connectivity index (χ0) is 10.5. The van der Waals surface area contributed by atoms with Crippen LogP contribution in [0.25, 0.3) is 11.5 Å². The highest BCUT2D eigenvalue weighted by Gasteiger charge is 2.03. The maximum atomic E-state index is 5.45. The van der Waals surface area contributed by atoms with Crippen molar-refractivity contribution >= 4 is 0 Å². The molecule has 3 N–H and O–H groups in total. The first-order chi connectivity index (χ1) is 7.40. The molecule has 2 aromatic rings. The lowest BCUT2D eigenvalue weighted by Gasteiger charge is -1.95. The topological polar surface area (TPSA) is 67.6 Å². The molecule has 0 aromatic carbocycles. The third-order valence-corrected chi connectivity index (χ3v) is 2.19. The Hall–Kier alpha value is -1.68. The van der Waals surface area contributed by atoms with E-state index in [0.717, 1.165) is 30.1 Å². The Morgan fingerprint density at radius 3 is 2.93 bits per heavy atom. The van der Waals surface area contributed by atoms with Crippen LogP contribution in [0.4, 0.5) is 0 Å². The summed E-state index contributed by atoms with van der Waals surface area (Å²) in [6.07, 6.45) is 5.53. The first-order valence-electron chi connectivity index (χ1n) is 5.05. The predicted octanol–water partition coefficient (Wildman–Crippen LogP) is 1.36. The summed E-state index contributed by atoms with van der Waals surface area (Å²) in [6.45, 7) is 0.706. The maximum absolute atomic E-state index is 5.45. The minimum Gasteiger partial charge on any atom is -0.341 e. The Bertz CT molecular complexity index is 408. The van der Waals surface area contributed by atoms with Crippen LogP contribution in [0, 0.1) is 0 Å². The number of hydrogen-bond acceptors (Lipinski definition) is 3. The average Bonchev–Trinajstić information content (AvgIpc) is 2.76. The number of aromatic amines is 1. The molecule has 2 rings (SSSR count). The molecule has 0 fully saturated rings. The SMILES string of the molecule is NCCCc1cnc(-c2ccccn2)[nH]1. The minimum atomic E-state index is 0.706. The van der Waals surface area contributed by atoms with Gasteiger partial charge in [0.1, 0.15) is 5.69 Å². The van der Waals surface area contributed by atoms with Gasteiger partial charge in [-0.25, -0.2) is 4.98 Å². The van der Waals surface area contributed by atoms with Crippen LogP contribution in [0.5, 0.6) is 0 Å². The van der Waals surface area contributed by atoms with Crippen molar-refractivity contribution in [3.05, 3.63) is 36.3 Å². The monoisotopic (exact) mass is 202 g/mol. The van der Waals surface area contributed by atoms with Gasteiger partial charge in [-0.1, -0.05) is 6.07 Å². The quantitative estimate of drug-likeness (QED) is 0.786. The Labute approximate surface area is 88.6 Å². The van der Waals surface area contributed by atoms with Gasteiger partial charge in [0.25, 0.3) is 0 Å². The Kier molecular flexibility index (Phi) is 3.09. The molecule has 2 aromatic heterocycles. The lowest BCUT2D eigenvalue weighted by molar-refractivity contribution is 0.816. The van der Waals surface area contributed by atoms with Crippen molar-refractivity contribution in [1.29, 1.82) is 0 Å². The summed E-state index contributed by atoms with van der Waals surface area (Å²) in [5, 5.41) is 0.